The van der Waals surface area contributed by atoms with Gasteiger partial charge in [0.25, 0.3) is 0 Å². The number of halogens is 4. The van der Waals surface area contributed by atoms with Crippen molar-refractivity contribution in [2.75, 3.05) is 33.4 Å². The molecule has 1 fully saturated rings. The van der Waals surface area contributed by atoms with Crippen LogP contribution in [-0.2, 0) is 10.9 Å². The summed E-state index contributed by atoms with van der Waals surface area (Å²) >= 11 is 0. The topological polar surface area (TPSA) is 54.9 Å². The maximum absolute atomic E-state index is 12.5. The van der Waals surface area contributed by atoms with Crippen LogP contribution in [0, 0.1) is 0 Å². The van der Waals surface area contributed by atoms with Gasteiger partial charge in [-0.2, -0.15) is 13.2 Å². The second-order valence-electron chi connectivity index (χ2n) is 6.13. The van der Waals surface area contributed by atoms with Gasteiger partial charge in [0.15, 0.2) is 5.96 Å². The summed E-state index contributed by atoms with van der Waals surface area (Å²) in [5.41, 5.74) is -0.862. The van der Waals surface area contributed by atoms with E-state index in [9.17, 15) is 13.2 Å². The normalized spacial score (nSPS) is 20.4. The molecule has 1 aliphatic rings. The molecule has 0 spiro atoms. The molecule has 1 atom stereocenters. The summed E-state index contributed by atoms with van der Waals surface area (Å²) < 4.78 is 48.6. The number of hydrogen-bond acceptors (Lipinski definition) is 3. The predicted molar refractivity (Wildman–Crippen MR) is 105 cm³/mol. The van der Waals surface area contributed by atoms with Gasteiger partial charge in [0, 0.05) is 20.2 Å². The van der Waals surface area contributed by atoms with Gasteiger partial charge >= 0.3 is 6.18 Å². The lowest BCUT2D eigenvalue weighted by molar-refractivity contribution is -0.137. The van der Waals surface area contributed by atoms with E-state index in [1.165, 1.54) is 12.1 Å². The Kier molecular flexibility index (Phi) is 8.94. The maximum Gasteiger partial charge on any atom is 0.416 e. The first-order valence-corrected chi connectivity index (χ1v) is 8.21. The third kappa shape index (κ3) is 7.18. The van der Waals surface area contributed by atoms with Crippen LogP contribution >= 0.6 is 24.0 Å². The molecule has 0 bridgehead atoms. The fourth-order valence-corrected chi connectivity index (χ4v) is 2.55. The summed E-state index contributed by atoms with van der Waals surface area (Å²) in [6.07, 6.45) is -2.27. The van der Waals surface area contributed by atoms with Crippen molar-refractivity contribution in [2.45, 2.75) is 31.5 Å². The lowest BCUT2D eigenvalue weighted by Crippen LogP contribution is -2.46. The van der Waals surface area contributed by atoms with Crippen LogP contribution in [0.4, 0.5) is 13.2 Å². The van der Waals surface area contributed by atoms with E-state index in [0.717, 1.165) is 31.6 Å². The van der Waals surface area contributed by atoms with Crippen molar-refractivity contribution in [1.82, 2.24) is 10.6 Å². The molecule has 1 aliphatic heterocycles. The van der Waals surface area contributed by atoms with Crippen LogP contribution in [0.2, 0.25) is 0 Å². The van der Waals surface area contributed by atoms with E-state index in [2.05, 4.69) is 22.5 Å². The summed E-state index contributed by atoms with van der Waals surface area (Å²) in [5.74, 6) is 1.03. The Morgan fingerprint density at radius 1 is 1.27 bits per heavy atom. The Labute approximate surface area is 168 Å². The van der Waals surface area contributed by atoms with E-state index in [4.69, 9.17) is 9.47 Å². The second-order valence-corrected chi connectivity index (χ2v) is 6.13. The first-order valence-electron chi connectivity index (χ1n) is 8.21. The van der Waals surface area contributed by atoms with Gasteiger partial charge in [-0.15, -0.1) is 24.0 Å². The fraction of sp³-hybridized carbons (Fsp3) is 0.588. The average Bonchev–Trinajstić information content (AvgIpc) is 3.01. The van der Waals surface area contributed by atoms with Crippen LogP contribution in [0.3, 0.4) is 0 Å². The van der Waals surface area contributed by atoms with Gasteiger partial charge < -0.3 is 20.1 Å². The standard InChI is InChI=1S/C17H24F3N3O2.HI/c1-16(8-3-10-25-16)12-23-15(21-2)22-9-11-24-14-6-4-13(5-7-14)17(18,19)20;/h4-7H,3,8-12H2,1-2H3,(H2,21,22,23);1H. The molecule has 1 aromatic rings. The van der Waals surface area contributed by atoms with Gasteiger partial charge in [-0.25, -0.2) is 0 Å². The first kappa shape index (κ1) is 22.8. The molecule has 0 radical (unpaired) electrons. The van der Waals surface area contributed by atoms with E-state index in [0.29, 0.717) is 31.4 Å². The Hall–Kier alpha value is -1.23. The lowest BCUT2D eigenvalue weighted by Gasteiger charge is -2.24. The number of hydrogen-bond donors (Lipinski definition) is 2. The van der Waals surface area contributed by atoms with Crippen molar-refractivity contribution < 1.29 is 22.6 Å². The lowest BCUT2D eigenvalue weighted by atomic mass is 10.0. The number of rotatable bonds is 6. The van der Waals surface area contributed by atoms with Crippen LogP contribution < -0.4 is 15.4 Å². The third-order valence-corrected chi connectivity index (χ3v) is 4.00. The van der Waals surface area contributed by atoms with Crippen molar-refractivity contribution in [1.29, 1.82) is 0 Å². The Morgan fingerprint density at radius 3 is 2.50 bits per heavy atom. The minimum Gasteiger partial charge on any atom is -0.492 e. The Bertz CT molecular complexity index is 574. The van der Waals surface area contributed by atoms with E-state index in [1.807, 2.05) is 0 Å². The monoisotopic (exact) mass is 487 g/mol. The fourth-order valence-electron chi connectivity index (χ4n) is 2.55. The number of guanidine groups is 1. The van der Waals surface area contributed by atoms with E-state index in [-0.39, 0.29) is 29.6 Å². The molecular formula is C17H25F3IN3O2. The van der Waals surface area contributed by atoms with Gasteiger partial charge in [-0.1, -0.05) is 0 Å². The van der Waals surface area contributed by atoms with Gasteiger partial charge in [0.05, 0.1) is 17.7 Å². The van der Waals surface area contributed by atoms with Crippen molar-refractivity contribution in [3.8, 4) is 5.75 Å². The molecule has 2 N–H and O–H groups in total. The van der Waals surface area contributed by atoms with Gasteiger partial charge in [-0.3, -0.25) is 4.99 Å². The summed E-state index contributed by atoms with van der Waals surface area (Å²) in [6.45, 7) is 4.28. The predicted octanol–water partition coefficient (Wildman–Crippen LogP) is 3.44. The van der Waals surface area contributed by atoms with E-state index >= 15 is 0 Å². The van der Waals surface area contributed by atoms with Gasteiger partial charge in [-0.05, 0) is 44.0 Å². The quantitative estimate of drug-likeness (QED) is 0.280. The van der Waals surface area contributed by atoms with Gasteiger partial charge in [0.2, 0.25) is 0 Å². The second kappa shape index (κ2) is 10.2. The molecule has 0 amide bonds. The minimum absolute atomic E-state index is 0. The molecular weight excluding hydrogens is 462 g/mol. The summed E-state index contributed by atoms with van der Waals surface area (Å²) in [4.78, 5) is 4.12. The molecule has 1 aromatic carbocycles. The zero-order chi connectivity index (χ0) is 18.3. The highest BCUT2D eigenvalue weighted by molar-refractivity contribution is 14.0. The molecule has 26 heavy (non-hydrogen) atoms. The van der Waals surface area contributed by atoms with Crippen molar-refractivity contribution in [2.24, 2.45) is 4.99 Å². The molecule has 148 valence electrons. The Morgan fingerprint density at radius 2 is 1.96 bits per heavy atom. The van der Waals surface area contributed by atoms with Gasteiger partial charge in [0.1, 0.15) is 12.4 Å². The van der Waals surface area contributed by atoms with Crippen LogP contribution in [-0.4, -0.2) is 44.9 Å². The third-order valence-electron chi connectivity index (χ3n) is 4.00. The molecule has 1 saturated heterocycles. The molecule has 0 aromatic heterocycles. The van der Waals surface area contributed by atoms with Crippen LogP contribution in [0.5, 0.6) is 5.75 Å². The maximum atomic E-state index is 12.5. The molecule has 5 nitrogen and oxygen atoms in total. The number of alkyl halides is 3. The number of benzene rings is 1. The molecule has 0 saturated carbocycles. The summed E-state index contributed by atoms with van der Waals surface area (Å²) in [6, 6.07) is 4.64. The van der Waals surface area contributed by atoms with E-state index < -0.39 is 11.7 Å². The smallest absolute Gasteiger partial charge is 0.416 e. The molecule has 1 heterocycles. The SMILES string of the molecule is CN=C(NCCOc1ccc(C(F)(F)F)cc1)NCC1(C)CCCO1.I. The largest absolute Gasteiger partial charge is 0.492 e. The van der Waals surface area contributed by atoms with Crippen LogP contribution in [0.15, 0.2) is 29.3 Å². The molecule has 9 heteroatoms. The zero-order valence-corrected chi connectivity index (χ0v) is 17.2. The highest BCUT2D eigenvalue weighted by Crippen LogP contribution is 2.30. The first-order chi connectivity index (χ1) is 11.8. The van der Waals surface area contributed by atoms with Crippen molar-refractivity contribution >= 4 is 29.9 Å². The summed E-state index contributed by atoms with van der Waals surface area (Å²) in [7, 11) is 1.67. The van der Waals surface area contributed by atoms with Crippen molar-refractivity contribution in [3.63, 3.8) is 0 Å². The number of ether oxygens (including phenoxy) is 2. The molecule has 0 aliphatic carbocycles. The Balaban J connectivity index is 0.00000338. The number of nitrogens with zero attached hydrogens (tertiary/aromatic N) is 1. The zero-order valence-electron chi connectivity index (χ0n) is 14.9. The number of aliphatic imine (C=N–C) groups is 1. The minimum atomic E-state index is -4.34. The van der Waals surface area contributed by atoms with Crippen LogP contribution in [0.1, 0.15) is 25.3 Å². The molecule has 2 rings (SSSR count). The highest BCUT2D eigenvalue weighted by Gasteiger charge is 2.30. The number of nitrogens with one attached hydrogen (secondary N) is 2. The summed E-state index contributed by atoms with van der Waals surface area (Å²) in [5, 5.41) is 6.30. The van der Waals surface area contributed by atoms with Crippen LogP contribution in [0.25, 0.3) is 0 Å². The highest BCUT2D eigenvalue weighted by atomic mass is 127. The van der Waals surface area contributed by atoms with E-state index in [1.54, 1.807) is 7.05 Å². The average molecular weight is 487 g/mol. The van der Waals surface area contributed by atoms with Crippen molar-refractivity contribution in [3.05, 3.63) is 29.8 Å². The molecule has 1 unspecified atom stereocenters.